The summed E-state index contributed by atoms with van der Waals surface area (Å²) in [5.74, 6) is -1.70. The van der Waals surface area contributed by atoms with Crippen LogP contribution in [-0.4, -0.2) is 22.5 Å². The molecule has 0 radical (unpaired) electrons. The van der Waals surface area contributed by atoms with E-state index in [1.54, 1.807) is 45.2 Å². The summed E-state index contributed by atoms with van der Waals surface area (Å²) in [6.07, 6.45) is -3.11. The quantitative estimate of drug-likeness (QED) is 0.815. The molecular weight excluding hydrogens is 361 g/mol. The Morgan fingerprint density at radius 3 is 2.33 bits per heavy atom. The molecule has 0 bridgehead atoms. The number of rotatable bonds is 4. The third kappa shape index (κ3) is 5.80. The number of hydrogen-bond acceptors (Lipinski definition) is 4. The van der Waals surface area contributed by atoms with Crippen LogP contribution in [0.1, 0.15) is 52.7 Å². The number of carbonyl (C=O) groups is 2. The maximum atomic E-state index is 13.0. The second-order valence-corrected chi connectivity index (χ2v) is 6.76. The van der Waals surface area contributed by atoms with Gasteiger partial charge in [-0.05, 0) is 51.1 Å². The summed E-state index contributed by atoms with van der Waals surface area (Å²) in [4.78, 5) is 28.8. The third-order valence-corrected chi connectivity index (χ3v) is 3.37. The summed E-state index contributed by atoms with van der Waals surface area (Å²) in [6.45, 7) is 4.81. The minimum absolute atomic E-state index is 0.0639. The van der Waals surface area contributed by atoms with Gasteiger partial charge >= 0.3 is 12.1 Å². The Morgan fingerprint density at radius 1 is 1.07 bits per heavy atom. The molecule has 1 aromatic heterocycles. The van der Waals surface area contributed by atoms with Crippen LogP contribution in [0, 0.1) is 0 Å². The molecule has 27 heavy (non-hydrogen) atoms. The molecule has 0 saturated carbocycles. The van der Waals surface area contributed by atoms with Crippen molar-refractivity contribution in [3.8, 4) is 0 Å². The van der Waals surface area contributed by atoms with Crippen LogP contribution in [0.15, 0.2) is 42.6 Å². The van der Waals surface area contributed by atoms with Crippen LogP contribution in [0.2, 0.25) is 0 Å². The zero-order valence-corrected chi connectivity index (χ0v) is 15.1. The van der Waals surface area contributed by atoms with E-state index in [2.05, 4.69) is 10.3 Å². The number of halogens is 3. The third-order valence-electron chi connectivity index (χ3n) is 3.37. The van der Waals surface area contributed by atoms with Crippen molar-refractivity contribution in [2.45, 2.75) is 39.1 Å². The first-order chi connectivity index (χ1) is 12.5. The van der Waals surface area contributed by atoms with Gasteiger partial charge in [-0.2, -0.15) is 13.2 Å². The fourth-order valence-corrected chi connectivity index (χ4v) is 2.19. The van der Waals surface area contributed by atoms with E-state index >= 15 is 0 Å². The van der Waals surface area contributed by atoms with Crippen molar-refractivity contribution < 1.29 is 27.5 Å². The van der Waals surface area contributed by atoms with E-state index in [9.17, 15) is 22.8 Å². The fraction of sp³-hybridized carbons (Fsp3) is 0.316. The van der Waals surface area contributed by atoms with Crippen LogP contribution in [0.4, 0.5) is 13.2 Å². The number of amides is 1. The van der Waals surface area contributed by atoms with E-state index in [1.165, 1.54) is 0 Å². The number of aromatic nitrogens is 1. The van der Waals surface area contributed by atoms with Crippen molar-refractivity contribution >= 4 is 11.9 Å². The molecule has 1 aromatic carbocycles. The monoisotopic (exact) mass is 380 g/mol. The number of benzene rings is 1. The first-order valence-electron chi connectivity index (χ1n) is 8.10. The molecule has 5 nitrogen and oxygen atoms in total. The molecule has 0 atom stereocenters. The molecule has 0 saturated heterocycles. The van der Waals surface area contributed by atoms with E-state index in [0.29, 0.717) is 11.8 Å². The topological polar surface area (TPSA) is 68.3 Å². The Labute approximate surface area is 154 Å². The highest BCUT2D eigenvalue weighted by molar-refractivity contribution is 6.05. The molecule has 0 aliphatic heterocycles. The van der Waals surface area contributed by atoms with Crippen LogP contribution in [0.3, 0.4) is 0 Å². The van der Waals surface area contributed by atoms with Crippen molar-refractivity contribution in [3.63, 3.8) is 0 Å². The van der Waals surface area contributed by atoms with Gasteiger partial charge in [-0.15, -0.1) is 0 Å². The lowest BCUT2D eigenvalue weighted by Crippen LogP contribution is -2.29. The van der Waals surface area contributed by atoms with Crippen molar-refractivity contribution in [1.82, 2.24) is 10.3 Å². The van der Waals surface area contributed by atoms with E-state index < -0.39 is 34.8 Å². The minimum Gasteiger partial charge on any atom is -0.456 e. The van der Waals surface area contributed by atoms with E-state index in [0.717, 1.165) is 12.1 Å². The lowest BCUT2D eigenvalue weighted by Gasteiger charge is -2.21. The van der Waals surface area contributed by atoms with Gasteiger partial charge in [-0.25, -0.2) is 4.79 Å². The van der Waals surface area contributed by atoms with Gasteiger partial charge in [0.15, 0.2) is 0 Å². The Bertz CT molecular complexity index is 828. The van der Waals surface area contributed by atoms with Crippen LogP contribution in [-0.2, 0) is 17.5 Å². The zero-order chi connectivity index (χ0) is 20.2. The van der Waals surface area contributed by atoms with Crippen LogP contribution in [0.25, 0.3) is 0 Å². The lowest BCUT2D eigenvalue weighted by atomic mass is 10.0. The smallest absolute Gasteiger partial charge is 0.416 e. The van der Waals surface area contributed by atoms with E-state index in [1.807, 2.05) is 0 Å². The maximum absolute atomic E-state index is 13.0. The second-order valence-electron chi connectivity index (χ2n) is 6.76. The van der Waals surface area contributed by atoms with Crippen molar-refractivity contribution in [2.75, 3.05) is 0 Å². The molecule has 8 heteroatoms. The zero-order valence-electron chi connectivity index (χ0n) is 15.1. The molecule has 2 aromatic rings. The summed E-state index contributed by atoms with van der Waals surface area (Å²) in [5, 5.41) is 2.54. The first kappa shape index (κ1) is 20.4. The average molecular weight is 380 g/mol. The van der Waals surface area contributed by atoms with Gasteiger partial charge in [0.1, 0.15) is 5.60 Å². The van der Waals surface area contributed by atoms with Gasteiger partial charge in [0.25, 0.3) is 5.91 Å². The molecular formula is C19H19F3N2O3. The molecule has 144 valence electrons. The van der Waals surface area contributed by atoms with Gasteiger partial charge in [-0.3, -0.25) is 9.78 Å². The van der Waals surface area contributed by atoms with Gasteiger partial charge in [0.05, 0.1) is 28.9 Å². The van der Waals surface area contributed by atoms with E-state index in [4.69, 9.17) is 4.74 Å². The van der Waals surface area contributed by atoms with Crippen molar-refractivity contribution in [3.05, 3.63) is 65.0 Å². The first-order valence-corrected chi connectivity index (χ1v) is 8.10. The number of alkyl halides is 3. The molecule has 2 rings (SSSR count). The summed E-state index contributed by atoms with van der Waals surface area (Å²) < 4.78 is 44.2. The SMILES string of the molecule is CC(C)(C)OC(=O)c1cc(C(F)(F)F)ccc1C(=O)NCc1ccccn1. The predicted octanol–water partition coefficient (Wildman–Crippen LogP) is 3.99. The van der Waals surface area contributed by atoms with Crippen molar-refractivity contribution in [2.24, 2.45) is 0 Å². The van der Waals surface area contributed by atoms with Crippen molar-refractivity contribution in [1.29, 1.82) is 0 Å². The Balaban J connectivity index is 2.33. The minimum atomic E-state index is -4.65. The number of nitrogens with zero attached hydrogens (tertiary/aromatic N) is 1. The highest BCUT2D eigenvalue weighted by Crippen LogP contribution is 2.31. The lowest BCUT2D eigenvalue weighted by molar-refractivity contribution is -0.137. The fourth-order valence-electron chi connectivity index (χ4n) is 2.19. The van der Waals surface area contributed by atoms with E-state index in [-0.39, 0.29) is 12.1 Å². The second kappa shape index (κ2) is 7.77. The number of nitrogens with one attached hydrogen (secondary N) is 1. The van der Waals surface area contributed by atoms with Crippen LogP contribution < -0.4 is 5.32 Å². The summed E-state index contributed by atoms with van der Waals surface area (Å²) in [6, 6.07) is 7.48. The molecule has 0 aliphatic carbocycles. The standard InChI is InChI=1S/C19H19F3N2O3/c1-18(2,3)27-17(26)15-10-12(19(20,21)22)7-8-14(15)16(25)24-11-13-6-4-5-9-23-13/h4-10H,11H2,1-3H3,(H,24,25). The molecule has 0 fully saturated rings. The number of hydrogen-bond donors (Lipinski definition) is 1. The summed E-state index contributed by atoms with van der Waals surface area (Å²) in [5.41, 5.74) is -2.04. The van der Waals surface area contributed by atoms with Gasteiger partial charge in [-0.1, -0.05) is 6.07 Å². The number of ether oxygens (including phenoxy) is 1. The molecule has 0 unspecified atom stereocenters. The molecule has 1 heterocycles. The number of esters is 1. The summed E-state index contributed by atoms with van der Waals surface area (Å²) in [7, 11) is 0. The number of pyridine rings is 1. The molecule has 1 N–H and O–H groups in total. The van der Waals surface area contributed by atoms with Crippen LogP contribution >= 0.6 is 0 Å². The molecule has 0 spiro atoms. The largest absolute Gasteiger partial charge is 0.456 e. The predicted molar refractivity (Wildman–Crippen MR) is 92.0 cm³/mol. The van der Waals surface area contributed by atoms with Crippen LogP contribution in [0.5, 0.6) is 0 Å². The molecule has 0 aliphatic rings. The molecule has 1 amide bonds. The Hall–Kier alpha value is -2.90. The maximum Gasteiger partial charge on any atom is 0.416 e. The highest BCUT2D eigenvalue weighted by atomic mass is 19.4. The number of carbonyl (C=O) groups excluding carboxylic acids is 2. The normalized spacial score (nSPS) is 11.8. The average Bonchev–Trinajstić information content (AvgIpc) is 2.57. The summed E-state index contributed by atoms with van der Waals surface area (Å²) >= 11 is 0. The van der Waals surface area contributed by atoms with Gasteiger partial charge < -0.3 is 10.1 Å². The Kier molecular flexibility index (Phi) is 5.88. The van der Waals surface area contributed by atoms with Gasteiger partial charge in [0, 0.05) is 6.20 Å². The van der Waals surface area contributed by atoms with Gasteiger partial charge in [0.2, 0.25) is 0 Å². The Morgan fingerprint density at radius 2 is 1.78 bits per heavy atom. The highest BCUT2D eigenvalue weighted by Gasteiger charge is 2.33.